The number of aromatic nitrogens is 3. The molecule has 1 aliphatic carbocycles. The lowest BCUT2D eigenvalue weighted by molar-refractivity contribution is 0.607. The van der Waals surface area contributed by atoms with Crippen molar-refractivity contribution in [3.8, 4) is 0 Å². The fourth-order valence-corrected chi connectivity index (χ4v) is 4.61. The van der Waals surface area contributed by atoms with Gasteiger partial charge in [-0.05, 0) is 43.7 Å². The first kappa shape index (κ1) is 17.9. The highest BCUT2D eigenvalue weighted by atomic mass is 19.1. The molecule has 5 rings (SSSR count). The summed E-state index contributed by atoms with van der Waals surface area (Å²) >= 11 is 0. The van der Waals surface area contributed by atoms with E-state index in [1.165, 1.54) is 10.6 Å². The maximum atomic E-state index is 15.2. The lowest BCUT2D eigenvalue weighted by Crippen LogP contribution is -2.44. The monoisotopic (exact) mass is 395 g/mol. The molecular formula is C21H22FN5O2. The Labute approximate surface area is 166 Å². The predicted molar refractivity (Wildman–Crippen MR) is 109 cm³/mol. The molecule has 4 heterocycles. The third-order valence-corrected chi connectivity index (χ3v) is 6.18. The second kappa shape index (κ2) is 6.43. The van der Waals surface area contributed by atoms with Gasteiger partial charge in [0.1, 0.15) is 0 Å². The molecule has 2 N–H and O–H groups in total. The molecule has 2 fully saturated rings. The number of halogens is 1. The van der Waals surface area contributed by atoms with Crippen LogP contribution in [-0.4, -0.2) is 27.2 Å². The number of anilines is 1. The second-order valence-electron chi connectivity index (χ2n) is 8.03. The number of nitrogens with two attached hydrogens (primary N) is 1. The van der Waals surface area contributed by atoms with E-state index in [-0.39, 0.29) is 11.8 Å². The molecule has 8 heteroatoms. The lowest BCUT2D eigenvalue weighted by Gasteiger charge is -2.24. The van der Waals surface area contributed by atoms with Crippen molar-refractivity contribution in [2.45, 2.75) is 38.0 Å². The number of hydrogen-bond donors (Lipinski definition) is 1. The summed E-state index contributed by atoms with van der Waals surface area (Å²) in [6.07, 6.45) is 7.41. The van der Waals surface area contributed by atoms with Crippen LogP contribution in [0.25, 0.3) is 5.52 Å². The van der Waals surface area contributed by atoms with Crippen molar-refractivity contribution in [3.63, 3.8) is 0 Å². The third kappa shape index (κ3) is 2.73. The van der Waals surface area contributed by atoms with Crippen molar-refractivity contribution in [2.75, 3.05) is 23.8 Å². The number of rotatable bonds is 3. The van der Waals surface area contributed by atoms with Crippen molar-refractivity contribution >= 4 is 11.2 Å². The molecule has 2 aliphatic rings. The van der Waals surface area contributed by atoms with Gasteiger partial charge in [-0.2, -0.15) is 4.68 Å². The third-order valence-electron chi connectivity index (χ3n) is 6.18. The van der Waals surface area contributed by atoms with Crippen LogP contribution in [0, 0.1) is 12.7 Å². The van der Waals surface area contributed by atoms with Gasteiger partial charge in [-0.3, -0.25) is 14.2 Å². The summed E-state index contributed by atoms with van der Waals surface area (Å²) in [6.45, 7) is 3.15. The van der Waals surface area contributed by atoms with Gasteiger partial charge in [-0.25, -0.2) is 9.18 Å². The van der Waals surface area contributed by atoms with Crippen LogP contribution in [0.5, 0.6) is 0 Å². The van der Waals surface area contributed by atoms with Crippen molar-refractivity contribution < 1.29 is 4.39 Å². The fourth-order valence-electron chi connectivity index (χ4n) is 4.61. The number of nitrogens with zero attached hydrogens (tertiary/aromatic N) is 4. The molecule has 1 unspecified atom stereocenters. The normalized spacial score (nSPS) is 19.2. The molecule has 0 bridgehead atoms. The molecule has 7 nitrogen and oxygen atoms in total. The standard InChI is InChI=1S/C21H22FN5O2/c1-12-18(25-8-6-15(10-25)14-3-2-7-24-9-14)16(22)11-26-19(12)17(13-4-5-13)20(28)27(23)21(26)29/h2-3,7,9,11,13,15H,4-6,8,10,23H2,1H3. The van der Waals surface area contributed by atoms with Gasteiger partial charge in [-0.1, -0.05) is 6.07 Å². The summed E-state index contributed by atoms with van der Waals surface area (Å²) in [4.78, 5) is 31.4. The predicted octanol–water partition coefficient (Wildman–Crippen LogP) is 1.89. The zero-order valence-corrected chi connectivity index (χ0v) is 16.1. The Morgan fingerprint density at radius 3 is 2.69 bits per heavy atom. The molecule has 0 aromatic carbocycles. The Kier molecular flexibility index (Phi) is 3.97. The first-order valence-corrected chi connectivity index (χ1v) is 9.87. The van der Waals surface area contributed by atoms with E-state index in [9.17, 15) is 9.59 Å². The molecular weight excluding hydrogens is 373 g/mol. The highest BCUT2D eigenvalue weighted by molar-refractivity contribution is 5.72. The minimum absolute atomic E-state index is 0.0756. The quantitative estimate of drug-likeness (QED) is 0.685. The van der Waals surface area contributed by atoms with E-state index in [1.807, 2.05) is 23.2 Å². The average Bonchev–Trinajstić information content (AvgIpc) is 3.44. The molecule has 3 aromatic heterocycles. The largest absolute Gasteiger partial charge is 0.368 e. The van der Waals surface area contributed by atoms with Crippen LogP contribution >= 0.6 is 0 Å². The minimum atomic E-state index is -0.724. The Balaban J connectivity index is 1.66. The van der Waals surface area contributed by atoms with Crippen LogP contribution in [0.3, 0.4) is 0 Å². The van der Waals surface area contributed by atoms with Crippen LogP contribution in [0.15, 0.2) is 40.3 Å². The highest BCUT2D eigenvalue weighted by Gasteiger charge is 2.33. The van der Waals surface area contributed by atoms with E-state index in [2.05, 4.69) is 4.98 Å². The van der Waals surface area contributed by atoms with Gasteiger partial charge in [0, 0.05) is 42.5 Å². The number of hydrogen-bond acceptors (Lipinski definition) is 5. The van der Waals surface area contributed by atoms with Crippen LogP contribution in [0.1, 0.15) is 47.8 Å². The fraction of sp³-hybridized carbons (Fsp3) is 0.381. The maximum Gasteiger partial charge on any atom is 0.354 e. The van der Waals surface area contributed by atoms with Crippen molar-refractivity contribution in [3.05, 3.63) is 74.1 Å². The van der Waals surface area contributed by atoms with E-state index in [0.717, 1.165) is 24.8 Å². The van der Waals surface area contributed by atoms with Crippen molar-refractivity contribution in [1.29, 1.82) is 0 Å². The summed E-state index contributed by atoms with van der Waals surface area (Å²) < 4.78 is 17.0. The van der Waals surface area contributed by atoms with Gasteiger partial charge in [0.25, 0.3) is 5.56 Å². The molecule has 29 heavy (non-hydrogen) atoms. The van der Waals surface area contributed by atoms with Crippen LogP contribution in [-0.2, 0) is 0 Å². The summed E-state index contributed by atoms with van der Waals surface area (Å²) in [5.74, 6) is 5.55. The summed E-state index contributed by atoms with van der Waals surface area (Å²) in [5, 5.41) is 0. The topological polar surface area (TPSA) is 85.6 Å². The lowest BCUT2D eigenvalue weighted by atomic mass is 10.0. The van der Waals surface area contributed by atoms with E-state index in [4.69, 9.17) is 5.84 Å². The highest BCUT2D eigenvalue weighted by Crippen LogP contribution is 2.42. The summed E-state index contributed by atoms with van der Waals surface area (Å²) in [6, 6.07) is 3.95. The molecule has 1 saturated heterocycles. The van der Waals surface area contributed by atoms with E-state index in [1.54, 1.807) is 13.1 Å². The number of aryl methyl sites for hydroxylation is 1. The average molecular weight is 395 g/mol. The Bertz CT molecular complexity index is 1230. The van der Waals surface area contributed by atoms with Gasteiger partial charge in [-0.15, -0.1) is 0 Å². The summed E-state index contributed by atoms with van der Waals surface area (Å²) in [7, 11) is 0. The van der Waals surface area contributed by atoms with Gasteiger partial charge in [0.2, 0.25) is 0 Å². The zero-order chi connectivity index (χ0) is 20.3. The first-order valence-electron chi connectivity index (χ1n) is 9.87. The van der Waals surface area contributed by atoms with E-state index >= 15 is 4.39 Å². The second-order valence-corrected chi connectivity index (χ2v) is 8.03. The van der Waals surface area contributed by atoms with E-state index in [0.29, 0.717) is 40.1 Å². The molecule has 1 saturated carbocycles. The number of nitrogen functional groups attached to an aromatic ring is 1. The van der Waals surface area contributed by atoms with E-state index < -0.39 is 17.1 Å². The van der Waals surface area contributed by atoms with Crippen molar-refractivity contribution in [2.24, 2.45) is 0 Å². The summed E-state index contributed by atoms with van der Waals surface area (Å²) in [5.41, 5.74) is 2.04. The molecule has 150 valence electrons. The van der Waals surface area contributed by atoms with Gasteiger partial charge in [0.05, 0.1) is 17.4 Å². The van der Waals surface area contributed by atoms with Crippen LogP contribution < -0.4 is 22.0 Å². The molecule has 3 aromatic rings. The molecule has 0 spiro atoms. The molecule has 1 aliphatic heterocycles. The first-order chi connectivity index (χ1) is 14.0. The Hall–Kier alpha value is -3.16. The SMILES string of the molecule is Cc1c(N2CCC(c3cccnc3)C2)c(F)cn2c(=O)n(N)c(=O)c(C3CC3)c12. The number of fused-ring (bicyclic) bond motifs is 1. The number of pyridine rings is 2. The van der Waals surface area contributed by atoms with Gasteiger partial charge >= 0.3 is 5.69 Å². The smallest absolute Gasteiger partial charge is 0.354 e. The molecule has 0 radical (unpaired) electrons. The van der Waals surface area contributed by atoms with Crippen LogP contribution in [0.4, 0.5) is 10.1 Å². The van der Waals surface area contributed by atoms with Crippen molar-refractivity contribution in [1.82, 2.24) is 14.1 Å². The Morgan fingerprint density at radius 1 is 1.21 bits per heavy atom. The van der Waals surface area contributed by atoms with Crippen LogP contribution in [0.2, 0.25) is 0 Å². The zero-order valence-electron chi connectivity index (χ0n) is 16.1. The minimum Gasteiger partial charge on any atom is -0.368 e. The maximum absolute atomic E-state index is 15.2. The molecule has 1 atom stereocenters. The Morgan fingerprint density at radius 2 is 2.00 bits per heavy atom. The van der Waals surface area contributed by atoms with Gasteiger partial charge in [0.15, 0.2) is 5.82 Å². The molecule has 0 amide bonds. The van der Waals surface area contributed by atoms with Gasteiger partial charge < -0.3 is 10.7 Å².